The third kappa shape index (κ3) is 4.75. The van der Waals surface area contributed by atoms with Gasteiger partial charge in [-0.25, -0.2) is 0 Å². The van der Waals surface area contributed by atoms with Crippen molar-refractivity contribution in [3.63, 3.8) is 0 Å². The summed E-state index contributed by atoms with van der Waals surface area (Å²) in [6, 6.07) is 7.99. The van der Waals surface area contributed by atoms with E-state index in [2.05, 4.69) is 31.4 Å². The monoisotopic (exact) mass is 520 g/mol. The molecule has 146 valence electrons. The SMILES string of the molecule is Cn1c(SCC(=O)Nc2cc(Cl)c(Cl)cc2Cl)nnc1-c1cc(Br)ccc1O. The normalized spacial score (nSPS) is 10.9. The number of nitrogens with zero attached hydrogens (tertiary/aromatic N) is 3. The lowest BCUT2D eigenvalue weighted by Crippen LogP contribution is -2.14. The van der Waals surface area contributed by atoms with E-state index in [0.29, 0.717) is 37.3 Å². The number of nitrogens with one attached hydrogen (secondary N) is 1. The second kappa shape index (κ2) is 8.92. The zero-order chi connectivity index (χ0) is 20.4. The number of thioether (sulfide) groups is 1. The van der Waals surface area contributed by atoms with Crippen LogP contribution in [0, 0.1) is 0 Å². The van der Waals surface area contributed by atoms with Crippen LogP contribution in [0.4, 0.5) is 5.69 Å². The molecule has 0 unspecified atom stereocenters. The number of phenolic OH excluding ortho intramolecular Hbond substituents is 1. The topological polar surface area (TPSA) is 80.0 Å². The first kappa shape index (κ1) is 21.3. The highest BCUT2D eigenvalue weighted by Gasteiger charge is 2.16. The van der Waals surface area contributed by atoms with Gasteiger partial charge in [-0.1, -0.05) is 62.5 Å². The molecular formula is C17H12BrCl3N4O2S. The Labute approximate surface area is 188 Å². The van der Waals surface area contributed by atoms with Crippen molar-refractivity contribution in [2.45, 2.75) is 5.16 Å². The van der Waals surface area contributed by atoms with Crippen LogP contribution in [0.2, 0.25) is 15.1 Å². The number of hydrogen-bond donors (Lipinski definition) is 2. The van der Waals surface area contributed by atoms with Crippen LogP contribution in [0.1, 0.15) is 0 Å². The number of anilines is 1. The maximum atomic E-state index is 12.3. The smallest absolute Gasteiger partial charge is 0.234 e. The Kier molecular flexibility index (Phi) is 6.77. The molecule has 0 saturated heterocycles. The van der Waals surface area contributed by atoms with Gasteiger partial charge in [0.2, 0.25) is 5.91 Å². The summed E-state index contributed by atoms with van der Waals surface area (Å²) in [5, 5.41) is 22.4. The Morgan fingerprint density at radius 2 is 1.89 bits per heavy atom. The van der Waals surface area contributed by atoms with Gasteiger partial charge in [0.1, 0.15) is 5.75 Å². The predicted octanol–water partition coefficient (Wildman–Crippen LogP) is 5.64. The zero-order valence-corrected chi connectivity index (χ0v) is 18.9. The van der Waals surface area contributed by atoms with E-state index >= 15 is 0 Å². The van der Waals surface area contributed by atoms with Crippen molar-refractivity contribution < 1.29 is 9.90 Å². The van der Waals surface area contributed by atoms with Gasteiger partial charge in [-0.05, 0) is 30.3 Å². The van der Waals surface area contributed by atoms with Gasteiger partial charge in [0.05, 0.1) is 32.1 Å². The maximum absolute atomic E-state index is 12.3. The summed E-state index contributed by atoms with van der Waals surface area (Å²) < 4.78 is 2.50. The van der Waals surface area contributed by atoms with E-state index in [1.165, 1.54) is 23.9 Å². The molecule has 0 fully saturated rings. The molecular weight excluding hydrogens is 511 g/mol. The molecule has 0 radical (unpaired) electrons. The number of hydrogen-bond acceptors (Lipinski definition) is 5. The molecule has 1 aromatic heterocycles. The second-order valence-electron chi connectivity index (χ2n) is 5.61. The third-order valence-electron chi connectivity index (χ3n) is 3.65. The van der Waals surface area contributed by atoms with E-state index < -0.39 is 0 Å². The summed E-state index contributed by atoms with van der Waals surface area (Å²) in [4.78, 5) is 12.3. The molecule has 1 heterocycles. The Bertz CT molecular complexity index is 1060. The zero-order valence-electron chi connectivity index (χ0n) is 14.2. The number of amides is 1. The van der Waals surface area contributed by atoms with Crippen LogP contribution < -0.4 is 5.32 Å². The molecule has 0 aliphatic rings. The lowest BCUT2D eigenvalue weighted by molar-refractivity contribution is -0.113. The molecule has 11 heteroatoms. The molecule has 28 heavy (non-hydrogen) atoms. The molecule has 3 aromatic rings. The minimum Gasteiger partial charge on any atom is -0.507 e. The number of aromatic nitrogens is 3. The van der Waals surface area contributed by atoms with E-state index in [4.69, 9.17) is 34.8 Å². The van der Waals surface area contributed by atoms with Crippen molar-refractivity contribution in [3.05, 3.63) is 49.9 Å². The number of carbonyl (C=O) groups excluding carboxylic acids is 1. The van der Waals surface area contributed by atoms with Crippen LogP contribution in [-0.2, 0) is 11.8 Å². The van der Waals surface area contributed by atoms with Crippen LogP contribution in [0.3, 0.4) is 0 Å². The molecule has 2 aromatic carbocycles. The van der Waals surface area contributed by atoms with Crippen LogP contribution >= 0.6 is 62.5 Å². The number of aromatic hydroxyl groups is 1. The second-order valence-corrected chi connectivity index (χ2v) is 8.69. The van der Waals surface area contributed by atoms with Gasteiger partial charge in [-0.2, -0.15) is 0 Å². The molecule has 0 bridgehead atoms. The number of halogens is 4. The van der Waals surface area contributed by atoms with Crippen molar-refractivity contribution in [2.75, 3.05) is 11.1 Å². The van der Waals surface area contributed by atoms with Crippen molar-refractivity contribution >= 4 is 74.1 Å². The van der Waals surface area contributed by atoms with Gasteiger partial charge < -0.3 is 15.0 Å². The minimum absolute atomic E-state index is 0.0764. The van der Waals surface area contributed by atoms with Gasteiger partial charge in [0.25, 0.3) is 0 Å². The first-order valence-electron chi connectivity index (χ1n) is 7.71. The number of rotatable bonds is 5. The predicted molar refractivity (Wildman–Crippen MR) is 117 cm³/mol. The summed E-state index contributed by atoms with van der Waals surface area (Å²) >= 11 is 22.5. The van der Waals surface area contributed by atoms with Gasteiger partial charge in [-0.15, -0.1) is 10.2 Å². The molecule has 3 rings (SSSR count). The van der Waals surface area contributed by atoms with Gasteiger partial charge in [0.15, 0.2) is 11.0 Å². The maximum Gasteiger partial charge on any atom is 0.234 e. The van der Waals surface area contributed by atoms with Gasteiger partial charge in [0, 0.05) is 11.5 Å². The fourth-order valence-electron chi connectivity index (χ4n) is 2.30. The van der Waals surface area contributed by atoms with E-state index in [-0.39, 0.29) is 17.4 Å². The Hall–Kier alpha value is -1.45. The van der Waals surface area contributed by atoms with Crippen LogP contribution in [0.5, 0.6) is 5.75 Å². The number of benzene rings is 2. The lowest BCUT2D eigenvalue weighted by Gasteiger charge is -2.09. The Morgan fingerprint density at radius 3 is 2.64 bits per heavy atom. The quantitative estimate of drug-likeness (QED) is 0.335. The van der Waals surface area contributed by atoms with E-state index in [1.54, 1.807) is 29.8 Å². The molecule has 0 saturated carbocycles. The largest absolute Gasteiger partial charge is 0.507 e. The summed E-state index contributed by atoms with van der Waals surface area (Å²) in [6.07, 6.45) is 0. The van der Waals surface area contributed by atoms with Crippen molar-refractivity contribution in [3.8, 4) is 17.1 Å². The van der Waals surface area contributed by atoms with Crippen LogP contribution in [0.15, 0.2) is 40.0 Å². The molecule has 0 aliphatic carbocycles. The highest BCUT2D eigenvalue weighted by molar-refractivity contribution is 9.10. The first-order chi connectivity index (χ1) is 13.3. The first-order valence-corrected chi connectivity index (χ1v) is 10.6. The van der Waals surface area contributed by atoms with Gasteiger partial charge >= 0.3 is 0 Å². The average Bonchev–Trinajstić information content (AvgIpc) is 3.00. The fourth-order valence-corrected chi connectivity index (χ4v) is 3.96. The highest BCUT2D eigenvalue weighted by Crippen LogP contribution is 2.33. The molecule has 1 amide bonds. The third-order valence-corrected chi connectivity index (χ3v) is 6.20. The Balaban J connectivity index is 1.70. The number of phenols is 1. The van der Waals surface area contributed by atoms with Crippen LogP contribution in [-0.4, -0.2) is 31.5 Å². The lowest BCUT2D eigenvalue weighted by atomic mass is 10.2. The summed E-state index contributed by atoms with van der Waals surface area (Å²) in [6.45, 7) is 0. The molecule has 0 spiro atoms. The molecule has 0 aliphatic heterocycles. The Morgan fingerprint density at radius 1 is 1.18 bits per heavy atom. The molecule has 6 nitrogen and oxygen atoms in total. The summed E-state index contributed by atoms with van der Waals surface area (Å²) in [5.41, 5.74) is 0.905. The van der Waals surface area contributed by atoms with Crippen LogP contribution in [0.25, 0.3) is 11.4 Å². The van der Waals surface area contributed by atoms with Crippen molar-refractivity contribution in [1.82, 2.24) is 14.8 Å². The van der Waals surface area contributed by atoms with E-state index in [9.17, 15) is 9.90 Å². The van der Waals surface area contributed by atoms with Crippen molar-refractivity contribution in [2.24, 2.45) is 7.05 Å². The summed E-state index contributed by atoms with van der Waals surface area (Å²) in [5.74, 6) is 0.351. The fraction of sp³-hybridized carbons (Fsp3) is 0.118. The van der Waals surface area contributed by atoms with E-state index in [1.807, 2.05) is 0 Å². The minimum atomic E-state index is -0.292. The highest BCUT2D eigenvalue weighted by atomic mass is 79.9. The number of carbonyl (C=O) groups is 1. The summed E-state index contributed by atoms with van der Waals surface area (Å²) in [7, 11) is 1.76. The van der Waals surface area contributed by atoms with E-state index in [0.717, 1.165) is 4.47 Å². The average molecular weight is 523 g/mol. The molecule has 2 N–H and O–H groups in total. The van der Waals surface area contributed by atoms with Crippen molar-refractivity contribution in [1.29, 1.82) is 0 Å². The molecule has 0 atom stereocenters. The van der Waals surface area contributed by atoms with Gasteiger partial charge in [-0.3, -0.25) is 4.79 Å². The standard InChI is InChI=1S/C17H12BrCl3N4O2S/c1-25-16(9-4-8(18)2-3-14(9)26)23-24-17(25)28-7-15(27)22-13-6-11(20)10(19)5-12(13)21/h2-6,26H,7H2,1H3,(H,22,27).